The van der Waals surface area contributed by atoms with Gasteiger partial charge >= 0.3 is 0 Å². The topological polar surface area (TPSA) is 66.6 Å². The van der Waals surface area contributed by atoms with Crippen LogP contribution in [0.2, 0.25) is 0 Å². The van der Waals surface area contributed by atoms with Crippen LogP contribution >= 0.6 is 11.6 Å². The van der Waals surface area contributed by atoms with Crippen molar-refractivity contribution in [1.82, 2.24) is 9.21 Å². The third-order valence-electron chi connectivity index (χ3n) is 1.89. The summed E-state index contributed by atoms with van der Waals surface area (Å²) in [6.07, 6.45) is 0. The highest BCUT2D eigenvalue weighted by molar-refractivity contribution is 7.86. The van der Waals surface area contributed by atoms with Gasteiger partial charge in [-0.1, -0.05) is 0 Å². The van der Waals surface area contributed by atoms with Gasteiger partial charge in [-0.05, 0) is 7.05 Å². The predicted octanol–water partition coefficient (Wildman–Crippen LogP) is -0.998. The fourth-order valence-corrected chi connectivity index (χ4v) is 2.07. The molecule has 1 heterocycles. The van der Waals surface area contributed by atoms with E-state index in [1.54, 1.807) is 0 Å². The molecule has 1 aliphatic heterocycles. The predicted molar refractivity (Wildman–Crippen MR) is 47.0 cm³/mol. The second kappa shape index (κ2) is 3.47. The fraction of sp³-hybridized carbons (Fsp3) is 1.00. The van der Waals surface area contributed by atoms with Crippen LogP contribution in [0.15, 0.2) is 0 Å². The van der Waals surface area contributed by atoms with E-state index in [1.807, 2.05) is 11.9 Å². The Morgan fingerprint density at radius 3 is 2.50 bits per heavy atom. The van der Waals surface area contributed by atoms with Gasteiger partial charge in [-0.3, -0.25) is 4.90 Å². The van der Waals surface area contributed by atoms with E-state index < -0.39 is 10.2 Å². The molecule has 0 amide bonds. The molecule has 1 saturated heterocycles. The van der Waals surface area contributed by atoms with Crippen LogP contribution in [0.25, 0.3) is 0 Å². The lowest BCUT2D eigenvalue weighted by atomic mass is 10.4. The number of likely N-dealkylation sites (N-methyl/N-ethyl adjacent to an activating group) is 1. The number of hydrogen-bond acceptors (Lipinski definition) is 3. The minimum Gasteiger partial charge on any atom is -0.288 e. The zero-order chi connectivity index (χ0) is 9.35. The number of rotatable bonds is 1. The number of nitrogens with two attached hydrogens (primary N) is 1. The summed E-state index contributed by atoms with van der Waals surface area (Å²) < 4.78 is 22.9. The number of nitrogens with zero attached hydrogens (tertiary/aromatic N) is 2. The van der Waals surface area contributed by atoms with Gasteiger partial charge in [0.05, 0.1) is 5.50 Å². The highest BCUT2D eigenvalue weighted by atomic mass is 35.5. The molecule has 7 heteroatoms. The molecule has 12 heavy (non-hydrogen) atoms. The number of piperazine rings is 1. The number of alkyl halides is 1. The lowest BCUT2D eigenvalue weighted by molar-refractivity contribution is 0.197. The molecular formula is C5H12ClN3O2S. The van der Waals surface area contributed by atoms with Gasteiger partial charge in [0.15, 0.2) is 0 Å². The molecule has 1 atom stereocenters. The molecule has 72 valence electrons. The molecule has 0 aromatic heterocycles. The molecule has 1 aliphatic rings. The minimum atomic E-state index is -3.56. The van der Waals surface area contributed by atoms with E-state index in [4.69, 9.17) is 16.7 Å². The molecule has 1 unspecified atom stereocenters. The molecule has 1 fully saturated rings. The highest BCUT2D eigenvalue weighted by Gasteiger charge is 2.27. The molecule has 5 nitrogen and oxygen atoms in total. The van der Waals surface area contributed by atoms with Crippen LogP contribution in [0.1, 0.15) is 0 Å². The van der Waals surface area contributed by atoms with Gasteiger partial charge in [0, 0.05) is 19.6 Å². The first-order chi connectivity index (χ1) is 5.41. The van der Waals surface area contributed by atoms with Crippen molar-refractivity contribution in [3.63, 3.8) is 0 Å². The Hall–Kier alpha value is 0.120. The Balaban J connectivity index is 2.64. The van der Waals surface area contributed by atoms with E-state index in [-0.39, 0.29) is 12.0 Å². The summed E-state index contributed by atoms with van der Waals surface area (Å²) in [4.78, 5) is 1.88. The Morgan fingerprint density at radius 2 is 2.08 bits per heavy atom. The third-order valence-corrected chi connectivity index (χ3v) is 3.42. The van der Waals surface area contributed by atoms with Gasteiger partial charge in [-0.25, -0.2) is 5.14 Å². The van der Waals surface area contributed by atoms with E-state index in [1.165, 1.54) is 4.31 Å². The van der Waals surface area contributed by atoms with Gasteiger partial charge in [0.25, 0.3) is 10.2 Å². The normalized spacial score (nSPS) is 29.1. The van der Waals surface area contributed by atoms with E-state index >= 15 is 0 Å². The summed E-state index contributed by atoms with van der Waals surface area (Å²) in [5.74, 6) is 0. The van der Waals surface area contributed by atoms with Crippen molar-refractivity contribution in [3.05, 3.63) is 0 Å². The largest absolute Gasteiger partial charge is 0.288 e. The molecule has 1 rings (SSSR count). The van der Waals surface area contributed by atoms with Crippen LogP contribution < -0.4 is 5.14 Å². The number of halogens is 1. The van der Waals surface area contributed by atoms with Crippen LogP contribution in [0, 0.1) is 0 Å². The fourth-order valence-electron chi connectivity index (χ4n) is 1.04. The second-order valence-electron chi connectivity index (χ2n) is 2.82. The van der Waals surface area contributed by atoms with Gasteiger partial charge in [0.2, 0.25) is 0 Å². The van der Waals surface area contributed by atoms with Gasteiger partial charge in [0.1, 0.15) is 0 Å². The third kappa shape index (κ3) is 2.30. The summed E-state index contributed by atoms with van der Waals surface area (Å²) in [6, 6.07) is 0. The Morgan fingerprint density at radius 1 is 1.50 bits per heavy atom. The van der Waals surface area contributed by atoms with Crippen LogP contribution in [-0.4, -0.2) is 49.8 Å². The summed E-state index contributed by atoms with van der Waals surface area (Å²) in [6.45, 7) is 1.29. The van der Waals surface area contributed by atoms with E-state index in [0.717, 1.165) is 0 Å². The summed E-state index contributed by atoms with van der Waals surface area (Å²) >= 11 is 5.83. The van der Waals surface area contributed by atoms with Crippen molar-refractivity contribution < 1.29 is 8.42 Å². The van der Waals surface area contributed by atoms with Crippen LogP contribution in [0.3, 0.4) is 0 Å². The van der Waals surface area contributed by atoms with Gasteiger partial charge in [-0.2, -0.15) is 12.7 Å². The van der Waals surface area contributed by atoms with Crippen LogP contribution in [0.5, 0.6) is 0 Å². The standard InChI is InChI=1S/C5H12ClN3O2S/c1-8-2-3-9(4-5(8)6)12(7,10)11/h5H,2-4H2,1H3,(H2,7,10,11). The first-order valence-electron chi connectivity index (χ1n) is 3.53. The van der Waals surface area contributed by atoms with Crippen molar-refractivity contribution in [3.8, 4) is 0 Å². The maximum absolute atomic E-state index is 10.9. The molecule has 2 N–H and O–H groups in total. The lowest BCUT2D eigenvalue weighted by Crippen LogP contribution is -2.52. The molecule has 0 spiro atoms. The second-order valence-corrected chi connectivity index (χ2v) is 4.87. The zero-order valence-electron chi connectivity index (χ0n) is 6.77. The van der Waals surface area contributed by atoms with Crippen molar-refractivity contribution in [1.29, 1.82) is 0 Å². The van der Waals surface area contributed by atoms with Crippen molar-refractivity contribution in [2.45, 2.75) is 5.50 Å². The smallest absolute Gasteiger partial charge is 0.277 e. The Kier molecular flexibility index (Phi) is 2.95. The lowest BCUT2D eigenvalue weighted by Gasteiger charge is -2.34. The quantitative estimate of drug-likeness (QED) is 0.449. The first kappa shape index (κ1) is 10.2. The first-order valence-corrected chi connectivity index (χ1v) is 5.47. The Labute approximate surface area is 77.3 Å². The number of hydrogen-bond donors (Lipinski definition) is 1. The molecule has 0 aromatic carbocycles. The molecule has 0 aromatic rings. The molecule has 0 bridgehead atoms. The molecular weight excluding hydrogens is 202 g/mol. The van der Waals surface area contributed by atoms with Gasteiger partial charge in [-0.15, -0.1) is 11.6 Å². The van der Waals surface area contributed by atoms with E-state index in [2.05, 4.69) is 0 Å². The zero-order valence-corrected chi connectivity index (χ0v) is 8.35. The molecule has 0 saturated carbocycles. The summed E-state index contributed by atoms with van der Waals surface area (Å²) in [5.41, 5.74) is -0.280. The summed E-state index contributed by atoms with van der Waals surface area (Å²) in [5, 5.41) is 4.94. The Bertz CT molecular complexity index is 255. The molecule has 0 aliphatic carbocycles. The van der Waals surface area contributed by atoms with Crippen LogP contribution in [-0.2, 0) is 10.2 Å². The highest BCUT2D eigenvalue weighted by Crippen LogP contribution is 2.12. The minimum absolute atomic E-state index is 0.261. The van der Waals surface area contributed by atoms with E-state index in [0.29, 0.717) is 13.1 Å². The van der Waals surface area contributed by atoms with E-state index in [9.17, 15) is 8.42 Å². The maximum Gasteiger partial charge on any atom is 0.277 e. The van der Waals surface area contributed by atoms with Crippen LogP contribution in [0.4, 0.5) is 0 Å². The van der Waals surface area contributed by atoms with Gasteiger partial charge < -0.3 is 0 Å². The molecule has 0 radical (unpaired) electrons. The monoisotopic (exact) mass is 213 g/mol. The van der Waals surface area contributed by atoms with Crippen molar-refractivity contribution in [2.24, 2.45) is 5.14 Å². The summed E-state index contributed by atoms with van der Waals surface area (Å²) in [7, 11) is -1.71. The van der Waals surface area contributed by atoms with Crippen molar-refractivity contribution >= 4 is 21.8 Å². The average Bonchev–Trinajstić information content (AvgIpc) is 1.92. The SMILES string of the molecule is CN1CCN(S(N)(=O)=O)CC1Cl. The maximum atomic E-state index is 10.9. The average molecular weight is 214 g/mol. The van der Waals surface area contributed by atoms with Crippen molar-refractivity contribution in [2.75, 3.05) is 26.7 Å².